The fourth-order valence-corrected chi connectivity index (χ4v) is 3.22. The second-order valence-corrected chi connectivity index (χ2v) is 5.29. The molecule has 1 aromatic rings. The molecule has 1 unspecified atom stereocenters. The van der Waals surface area contributed by atoms with Crippen molar-refractivity contribution in [3.63, 3.8) is 0 Å². The molecule has 2 heteroatoms. The molecule has 0 aromatic heterocycles. The minimum atomic E-state index is 0.793. The van der Waals surface area contributed by atoms with Crippen LogP contribution in [0, 0.1) is 12.8 Å². The Balaban J connectivity index is 2.41. The summed E-state index contributed by atoms with van der Waals surface area (Å²) in [4.78, 5) is 1.38. The van der Waals surface area contributed by atoms with Crippen molar-refractivity contribution < 1.29 is 0 Å². The highest BCUT2D eigenvalue weighted by Gasteiger charge is 2.04. The van der Waals surface area contributed by atoms with Crippen molar-refractivity contribution in [3.05, 3.63) is 29.8 Å². The van der Waals surface area contributed by atoms with E-state index in [0.29, 0.717) is 0 Å². The van der Waals surface area contributed by atoms with E-state index in [2.05, 4.69) is 54.0 Å². The number of aryl methyl sites for hydroxylation is 1. The van der Waals surface area contributed by atoms with E-state index in [9.17, 15) is 0 Å². The molecule has 1 aromatic carbocycles. The molecule has 0 aliphatic carbocycles. The van der Waals surface area contributed by atoms with Gasteiger partial charge in [-0.15, -0.1) is 11.8 Å². The molecule has 0 spiro atoms. The number of benzene rings is 1. The van der Waals surface area contributed by atoms with E-state index in [-0.39, 0.29) is 0 Å². The summed E-state index contributed by atoms with van der Waals surface area (Å²) < 4.78 is 0. The van der Waals surface area contributed by atoms with Crippen LogP contribution < -0.4 is 0 Å². The van der Waals surface area contributed by atoms with Gasteiger partial charge in [0, 0.05) is 16.0 Å². The zero-order valence-corrected chi connectivity index (χ0v) is 11.2. The van der Waals surface area contributed by atoms with Crippen molar-refractivity contribution in [2.24, 2.45) is 5.92 Å². The van der Waals surface area contributed by atoms with Gasteiger partial charge in [0.15, 0.2) is 0 Å². The fourth-order valence-electron chi connectivity index (χ4n) is 1.12. The van der Waals surface area contributed by atoms with E-state index in [1.807, 2.05) is 11.8 Å². The minimum absolute atomic E-state index is 0.793. The largest absolute Gasteiger partial charge is 0.126 e. The van der Waals surface area contributed by atoms with Gasteiger partial charge in [-0.1, -0.05) is 47.0 Å². The van der Waals surface area contributed by atoms with Gasteiger partial charge in [-0.3, -0.25) is 0 Å². The third kappa shape index (κ3) is 4.05. The lowest BCUT2D eigenvalue weighted by molar-refractivity contribution is 0.652. The zero-order valence-electron chi connectivity index (χ0n) is 8.79. The first-order chi connectivity index (χ1) is 6.76. The lowest BCUT2D eigenvalue weighted by Gasteiger charge is -2.10. The van der Waals surface area contributed by atoms with E-state index in [1.165, 1.54) is 22.6 Å². The summed E-state index contributed by atoms with van der Waals surface area (Å²) in [6, 6.07) is 8.77. The van der Waals surface area contributed by atoms with Crippen molar-refractivity contribution >= 4 is 27.7 Å². The third-order valence-electron chi connectivity index (χ3n) is 2.30. The molecule has 78 valence electrons. The van der Waals surface area contributed by atoms with Crippen molar-refractivity contribution in [3.8, 4) is 0 Å². The Morgan fingerprint density at radius 1 is 1.29 bits per heavy atom. The van der Waals surface area contributed by atoms with Gasteiger partial charge in [0.05, 0.1) is 0 Å². The molecule has 0 amide bonds. The smallest absolute Gasteiger partial charge is 0.00722 e. The summed E-state index contributed by atoms with van der Waals surface area (Å²) in [5, 5.41) is 1.11. The number of hydrogen-bond donors (Lipinski definition) is 0. The van der Waals surface area contributed by atoms with E-state index >= 15 is 0 Å². The normalized spacial score (nSPS) is 12.8. The number of halogens is 1. The number of rotatable bonds is 5. The maximum absolute atomic E-state index is 3.55. The molecule has 1 rings (SSSR count). The Morgan fingerprint density at radius 2 is 1.93 bits per heavy atom. The van der Waals surface area contributed by atoms with Gasteiger partial charge in [-0.05, 0) is 25.0 Å². The lowest BCUT2D eigenvalue weighted by Crippen LogP contribution is -2.02. The molecule has 0 bridgehead atoms. The summed E-state index contributed by atoms with van der Waals surface area (Å²) in [5.74, 6) is 2.01. The van der Waals surface area contributed by atoms with Crippen LogP contribution in [0.25, 0.3) is 0 Å². The molecule has 0 fully saturated rings. The Bertz CT molecular complexity index is 252. The first kappa shape index (κ1) is 12.1. The molecule has 0 nitrogen and oxygen atoms in total. The topological polar surface area (TPSA) is 0 Å². The van der Waals surface area contributed by atoms with Crippen LogP contribution in [0.1, 0.15) is 18.9 Å². The molecule has 0 radical (unpaired) electrons. The van der Waals surface area contributed by atoms with Crippen molar-refractivity contribution in [2.75, 3.05) is 11.1 Å². The van der Waals surface area contributed by atoms with Crippen LogP contribution in [0.2, 0.25) is 0 Å². The second-order valence-electron chi connectivity index (χ2n) is 3.55. The molecule has 0 heterocycles. The SMILES string of the molecule is CCC(CBr)CSc1ccc(C)cc1. The average Bonchev–Trinajstić information content (AvgIpc) is 2.22. The standard InChI is InChI=1S/C12H17BrS/c1-3-11(8-13)9-14-12-6-4-10(2)5-7-12/h4-7,11H,3,8-9H2,1-2H3. The van der Waals surface area contributed by atoms with Crippen LogP contribution in [-0.4, -0.2) is 11.1 Å². The van der Waals surface area contributed by atoms with Gasteiger partial charge in [0.25, 0.3) is 0 Å². The quantitative estimate of drug-likeness (QED) is 0.562. The molecule has 0 saturated carbocycles. The van der Waals surface area contributed by atoms with Crippen LogP contribution in [0.4, 0.5) is 0 Å². The molecule has 1 atom stereocenters. The van der Waals surface area contributed by atoms with Crippen molar-refractivity contribution in [2.45, 2.75) is 25.2 Å². The predicted molar refractivity (Wildman–Crippen MR) is 69.5 cm³/mol. The van der Waals surface area contributed by atoms with Gasteiger partial charge >= 0.3 is 0 Å². The molecular weight excluding hydrogens is 256 g/mol. The average molecular weight is 273 g/mol. The van der Waals surface area contributed by atoms with E-state index in [1.54, 1.807) is 0 Å². The van der Waals surface area contributed by atoms with Gasteiger partial charge in [-0.25, -0.2) is 0 Å². The highest BCUT2D eigenvalue weighted by molar-refractivity contribution is 9.09. The van der Waals surface area contributed by atoms with Crippen LogP contribution in [0.3, 0.4) is 0 Å². The Hall–Kier alpha value is 0.0500. The van der Waals surface area contributed by atoms with Crippen LogP contribution in [0.15, 0.2) is 29.2 Å². The van der Waals surface area contributed by atoms with Crippen LogP contribution in [0.5, 0.6) is 0 Å². The van der Waals surface area contributed by atoms with Crippen LogP contribution in [-0.2, 0) is 0 Å². The summed E-state index contributed by atoms with van der Waals surface area (Å²) in [6.07, 6.45) is 1.25. The van der Waals surface area contributed by atoms with Crippen molar-refractivity contribution in [1.29, 1.82) is 0 Å². The number of hydrogen-bond acceptors (Lipinski definition) is 1. The van der Waals surface area contributed by atoms with E-state index in [4.69, 9.17) is 0 Å². The van der Waals surface area contributed by atoms with Crippen molar-refractivity contribution in [1.82, 2.24) is 0 Å². The summed E-state index contributed by atoms with van der Waals surface area (Å²) in [7, 11) is 0. The predicted octanol–water partition coefficient (Wildman–Crippen LogP) is 4.51. The third-order valence-corrected chi connectivity index (χ3v) is 4.46. The Morgan fingerprint density at radius 3 is 2.43 bits per heavy atom. The molecule has 0 N–H and O–H groups in total. The molecule has 14 heavy (non-hydrogen) atoms. The molecule has 0 aliphatic heterocycles. The monoisotopic (exact) mass is 272 g/mol. The van der Waals surface area contributed by atoms with Crippen LogP contribution >= 0.6 is 27.7 Å². The second kappa shape index (κ2) is 6.52. The Labute approximate surface area is 99.6 Å². The van der Waals surface area contributed by atoms with E-state index < -0.39 is 0 Å². The molecular formula is C12H17BrS. The maximum atomic E-state index is 3.55. The summed E-state index contributed by atoms with van der Waals surface area (Å²) in [6.45, 7) is 4.38. The zero-order chi connectivity index (χ0) is 10.4. The summed E-state index contributed by atoms with van der Waals surface area (Å²) in [5.41, 5.74) is 1.34. The first-order valence-electron chi connectivity index (χ1n) is 5.01. The molecule has 0 saturated heterocycles. The number of thioether (sulfide) groups is 1. The maximum Gasteiger partial charge on any atom is 0.00722 e. The minimum Gasteiger partial charge on any atom is -0.126 e. The Kier molecular flexibility index (Phi) is 5.64. The van der Waals surface area contributed by atoms with Gasteiger partial charge in [0.2, 0.25) is 0 Å². The van der Waals surface area contributed by atoms with Gasteiger partial charge in [-0.2, -0.15) is 0 Å². The highest BCUT2D eigenvalue weighted by Crippen LogP contribution is 2.23. The number of alkyl halides is 1. The van der Waals surface area contributed by atoms with Gasteiger partial charge < -0.3 is 0 Å². The highest BCUT2D eigenvalue weighted by atomic mass is 79.9. The first-order valence-corrected chi connectivity index (χ1v) is 7.12. The molecule has 0 aliphatic rings. The fraction of sp³-hybridized carbons (Fsp3) is 0.500. The van der Waals surface area contributed by atoms with E-state index in [0.717, 1.165) is 11.2 Å². The summed E-state index contributed by atoms with van der Waals surface area (Å²) >= 11 is 5.50. The lowest BCUT2D eigenvalue weighted by atomic mass is 10.2. The van der Waals surface area contributed by atoms with Gasteiger partial charge in [0.1, 0.15) is 0 Å².